The zero-order valence-corrected chi connectivity index (χ0v) is 25.9. The normalized spacial score (nSPS) is 37.0. The Morgan fingerprint density at radius 3 is 2.38 bits per heavy atom. The molecule has 2 unspecified atom stereocenters. The number of ether oxygens (including phenoxy) is 3. The van der Waals surface area contributed by atoms with Crippen molar-refractivity contribution in [2.75, 3.05) is 6.61 Å². The van der Waals surface area contributed by atoms with Crippen molar-refractivity contribution in [3.05, 3.63) is 0 Å². The zero-order chi connectivity index (χ0) is 28.0. The molecule has 7 nitrogen and oxygen atoms in total. The Morgan fingerprint density at radius 2 is 1.84 bits per heavy atom. The first-order valence-corrected chi connectivity index (χ1v) is 17.7. The van der Waals surface area contributed by atoms with Crippen molar-refractivity contribution >= 4 is 20.3 Å². The van der Waals surface area contributed by atoms with E-state index in [-0.39, 0.29) is 17.9 Å². The number of rotatable bonds is 9. The highest BCUT2D eigenvalue weighted by molar-refractivity contribution is 6.69. The van der Waals surface area contributed by atoms with Crippen LogP contribution in [-0.4, -0.2) is 56.1 Å². The van der Waals surface area contributed by atoms with Gasteiger partial charge in [-0.3, -0.25) is 4.79 Å². The summed E-state index contributed by atoms with van der Waals surface area (Å²) in [5.41, 5.74) is -1.75. The number of carbonyl (C=O) groups excluding carboxylic acids is 2. The molecule has 214 valence electrons. The predicted molar refractivity (Wildman–Crippen MR) is 145 cm³/mol. The minimum absolute atomic E-state index is 0.0431. The van der Waals surface area contributed by atoms with Crippen molar-refractivity contribution in [1.29, 1.82) is 0 Å². The summed E-state index contributed by atoms with van der Waals surface area (Å²) in [6.07, 6.45) is 4.87. The summed E-state index contributed by atoms with van der Waals surface area (Å²) in [7, 11) is -1.64. The topological polar surface area (TPSA) is 91.3 Å². The summed E-state index contributed by atoms with van der Waals surface area (Å²) in [4.78, 5) is 24.7. The fourth-order valence-corrected chi connectivity index (χ4v) is 8.54. The van der Waals surface area contributed by atoms with Crippen molar-refractivity contribution < 1.29 is 33.3 Å². The Morgan fingerprint density at radius 1 is 1.19 bits per heavy atom. The third-order valence-electron chi connectivity index (χ3n) is 9.19. The molecule has 9 atom stereocenters. The van der Waals surface area contributed by atoms with Gasteiger partial charge in [0.25, 0.3) is 0 Å². The lowest BCUT2D eigenvalue weighted by Gasteiger charge is -2.48. The number of hydrogen-bond donors (Lipinski definition) is 1. The molecular formula is C29H52O7Si. The average molecular weight is 541 g/mol. The Labute approximate surface area is 225 Å². The summed E-state index contributed by atoms with van der Waals surface area (Å²) in [6, 6.07) is 0. The molecule has 1 saturated heterocycles. The Kier molecular flexibility index (Phi) is 9.00. The first-order valence-electron chi connectivity index (χ1n) is 14.3. The summed E-state index contributed by atoms with van der Waals surface area (Å²) in [6.45, 7) is 20.3. The van der Waals surface area contributed by atoms with E-state index in [1.54, 1.807) is 6.92 Å². The van der Waals surface area contributed by atoms with E-state index in [9.17, 15) is 14.7 Å². The van der Waals surface area contributed by atoms with Crippen molar-refractivity contribution in [3.63, 3.8) is 0 Å². The monoisotopic (exact) mass is 540 g/mol. The van der Waals surface area contributed by atoms with Crippen LogP contribution < -0.4 is 0 Å². The van der Waals surface area contributed by atoms with Gasteiger partial charge >= 0.3 is 11.9 Å². The largest absolute Gasteiger partial charge is 0.465 e. The molecule has 3 fully saturated rings. The van der Waals surface area contributed by atoms with Crippen molar-refractivity contribution in [2.24, 2.45) is 34.5 Å². The highest BCUT2D eigenvalue weighted by atomic mass is 28.4. The molecule has 3 rings (SSSR count). The van der Waals surface area contributed by atoms with E-state index in [1.807, 2.05) is 20.8 Å². The lowest BCUT2D eigenvalue weighted by molar-refractivity contribution is -0.179. The first-order chi connectivity index (χ1) is 16.9. The van der Waals surface area contributed by atoms with E-state index in [4.69, 9.17) is 18.6 Å². The summed E-state index contributed by atoms with van der Waals surface area (Å²) in [5, 5.41) is 11.6. The zero-order valence-electron chi connectivity index (χ0n) is 24.9. The molecule has 1 aliphatic heterocycles. The number of fused-ring (bicyclic) bond motifs is 1. The van der Waals surface area contributed by atoms with E-state index < -0.39 is 49.6 Å². The van der Waals surface area contributed by atoms with Crippen LogP contribution in [0.3, 0.4) is 0 Å². The quantitative estimate of drug-likeness (QED) is 0.297. The molecule has 0 bridgehead atoms. The second-order valence-corrected chi connectivity index (χ2v) is 19.0. The van der Waals surface area contributed by atoms with E-state index in [2.05, 4.69) is 33.5 Å². The molecule has 37 heavy (non-hydrogen) atoms. The number of carbonyl (C=O) groups is 2. The van der Waals surface area contributed by atoms with Gasteiger partial charge in [-0.1, -0.05) is 41.0 Å². The second-order valence-electron chi connectivity index (χ2n) is 14.5. The first kappa shape index (κ1) is 30.6. The van der Waals surface area contributed by atoms with Crippen LogP contribution >= 0.6 is 0 Å². The van der Waals surface area contributed by atoms with Crippen LogP contribution in [0.1, 0.15) is 87.0 Å². The van der Waals surface area contributed by atoms with Gasteiger partial charge in [0.15, 0.2) is 13.9 Å². The lowest BCUT2D eigenvalue weighted by atomic mass is 9.61. The van der Waals surface area contributed by atoms with Gasteiger partial charge in [0.2, 0.25) is 6.29 Å². The standard InChI is InChI=1S/C29H52O7Si/c1-18(21-13-14-22-23(36-37(8,9)10)12-11-15-28(21,22)6)16-20(17-33-19(2)30)24(31)29(7)25(32)34-26(35-29)27(3,4)5/h18,20-24,26,31H,11-17H2,1-10H3/t18-,20-,21-,22?,23+,24?,26-,28-,29-/m1/s1. The van der Waals surface area contributed by atoms with Gasteiger partial charge in [-0.25, -0.2) is 4.79 Å². The van der Waals surface area contributed by atoms with Gasteiger partial charge in [0, 0.05) is 24.4 Å². The smallest absolute Gasteiger partial charge is 0.343 e. The third-order valence-corrected chi connectivity index (χ3v) is 10.2. The number of aliphatic hydroxyl groups is 1. The van der Waals surface area contributed by atoms with Gasteiger partial charge in [-0.2, -0.15) is 0 Å². The maximum absolute atomic E-state index is 12.9. The fourth-order valence-electron chi connectivity index (χ4n) is 7.35. The molecule has 2 saturated carbocycles. The van der Waals surface area contributed by atoms with Crippen LogP contribution in [0.5, 0.6) is 0 Å². The van der Waals surface area contributed by atoms with Crippen molar-refractivity contribution in [3.8, 4) is 0 Å². The molecule has 0 amide bonds. The van der Waals surface area contributed by atoms with E-state index >= 15 is 0 Å². The van der Waals surface area contributed by atoms with Gasteiger partial charge in [0.1, 0.15) is 0 Å². The summed E-state index contributed by atoms with van der Waals surface area (Å²) in [5.74, 6) is -0.110. The molecule has 8 heteroatoms. The van der Waals surface area contributed by atoms with Crippen molar-refractivity contribution in [2.45, 2.75) is 131 Å². The molecule has 0 aromatic rings. The SMILES string of the molecule is CC(=O)OC[C@@H](C[C@@H](C)[C@H]1CCC2[C@@H](O[Si](C)(C)C)CCC[C@@]21C)C(O)[C@@]1(C)O[C@H](C(C)(C)C)OC1=O. The average Bonchev–Trinajstić information content (AvgIpc) is 3.27. The number of cyclic esters (lactones) is 1. The molecule has 3 aliphatic rings. The van der Waals surface area contributed by atoms with E-state index in [0.29, 0.717) is 24.4 Å². The predicted octanol–water partition coefficient (Wildman–Crippen LogP) is 5.69. The minimum atomic E-state index is -1.64. The van der Waals surface area contributed by atoms with E-state index in [1.165, 1.54) is 19.8 Å². The van der Waals surface area contributed by atoms with Crippen LogP contribution in [0.4, 0.5) is 0 Å². The number of hydrogen-bond acceptors (Lipinski definition) is 7. The number of aliphatic hydroxyl groups excluding tert-OH is 1. The Balaban J connectivity index is 1.79. The van der Waals surface area contributed by atoms with Crippen LogP contribution in [-0.2, 0) is 28.2 Å². The van der Waals surface area contributed by atoms with Gasteiger partial charge in [-0.05, 0) is 81.8 Å². The summed E-state index contributed by atoms with van der Waals surface area (Å²) < 4.78 is 23.7. The Hall–Kier alpha value is -0.963. The molecule has 2 aliphatic carbocycles. The Bertz CT molecular complexity index is 833. The van der Waals surface area contributed by atoms with Crippen LogP contribution in [0.25, 0.3) is 0 Å². The maximum atomic E-state index is 12.9. The molecule has 1 N–H and O–H groups in total. The van der Waals surface area contributed by atoms with Crippen LogP contribution in [0, 0.1) is 34.5 Å². The fraction of sp³-hybridized carbons (Fsp3) is 0.931. The highest BCUT2D eigenvalue weighted by Gasteiger charge is 2.58. The minimum Gasteiger partial charge on any atom is -0.465 e. The van der Waals surface area contributed by atoms with E-state index in [0.717, 1.165) is 19.3 Å². The maximum Gasteiger partial charge on any atom is 0.343 e. The molecule has 1 heterocycles. The molecule has 0 aromatic heterocycles. The third kappa shape index (κ3) is 6.61. The molecule has 0 aromatic carbocycles. The summed E-state index contributed by atoms with van der Waals surface area (Å²) >= 11 is 0. The number of esters is 2. The molecule has 0 spiro atoms. The second kappa shape index (κ2) is 10.9. The van der Waals surface area contributed by atoms with Crippen LogP contribution in [0.2, 0.25) is 19.6 Å². The molecular weight excluding hydrogens is 488 g/mol. The highest BCUT2D eigenvalue weighted by Crippen LogP contribution is 2.59. The van der Waals surface area contributed by atoms with Gasteiger partial charge in [0.05, 0.1) is 12.7 Å². The van der Waals surface area contributed by atoms with Crippen molar-refractivity contribution in [1.82, 2.24) is 0 Å². The molecule has 0 radical (unpaired) electrons. The lowest BCUT2D eigenvalue weighted by Crippen LogP contribution is -2.51. The van der Waals surface area contributed by atoms with Gasteiger partial charge in [-0.15, -0.1) is 0 Å². The van der Waals surface area contributed by atoms with Crippen LogP contribution in [0.15, 0.2) is 0 Å². The van der Waals surface area contributed by atoms with Gasteiger partial charge < -0.3 is 23.7 Å².